The monoisotopic (exact) mass is 325 g/mol. The van der Waals surface area contributed by atoms with E-state index >= 15 is 0 Å². The summed E-state index contributed by atoms with van der Waals surface area (Å²) in [6.07, 6.45) is 2.35. The quantitative estimate of drug-likeness (QED) is 0.879. The second kappa shape index (κ2) is 6.27. The molecule has 0 saturated carbocycles. The van der Waals surface area contributed by atoms with Crippen LogP contribution in [0.1, 0.15) is 39.2 Å². The third-order valence-electron chi connectivity index (χ3n) is 4.23. The Morgan fingerprint density at radius 1 is 1.42 bits per heavy atom. The van der Waals surface area contributed by atoms with Gasteiger partial charge in [-0.25, -0.2) is 0 Å². The number of ether oxygens (including phenoxy) is 1. The second-order valence-corrected chi connectivity index (χ2v) is 6.91. The molecule has 19 heavy (non-hydrogen) atoms. The molecule has 1 fully saturated rings. The van der Waals surface area contributed by atoms with E-state index in [1.165, 1.54) is 12.0 Å². The van der Waals surface area contributed by atoms with Gasteiger partial charge in [-0.1, -0.05) is 26.8 Å². The van der Waals surface area contributed by atoms with E-state index in [9.17, 15) is 0 Å². The molecular weight excluding hydrogens is 302 g/mol. The number of benzene rings is 1. The highest BCUT2D eigenvalue weighted by molar-refractivity contribution is 9.10. The van der Waals surface area contributed by atoms with Gasteiger partial charge in [0.05, 0.1) is 11.1 Å². The minimum atomic E-state index is 0.219. The summed E-state index contributed by atoms with van der Waals surface area (Å²) < 4.78 is 7.00. The maximum Gasteiger partial charge on any atom is 0.133 e. The van der Waals surface area contributed by atoms with Crippen molar-refractivity contribution in [3.8, 4) is 5.75 Å². The van der Waals surface area contributed by atoms with Crippen LogP contribution >= 0.6 is 15.9 Å². The lowest BCUT2D eigenvalue weighted by molar-refractivity contribution is 0.258. The average molecular weight is 326 g/mol. The SMILES string of the molecule is CCC(C)(C)c1ccc(OC[C@H]2CCNC2)c(Br)c1. The first-order valence-electron chi connectivity index (χ1n) is 7.16. The van der Waals surface area contributed by atoms with Crippen LogP contribution in [0.3, 0.4) is 0 Å². The van der Waals surface area contributed by atoms with Gasteiger partial charge in [-0.3, -0.25) is 0 Å². The molecular formula is C16H24BrNO. The van der Waals surface area contributed by atoms with E-state index in [-0.39, 0.29) is 5.41 Å². The van der Waals surface area contributed by atoms with Crippen molar-refractivity contribution >= 4 is 15.9 Å². The molecule has 2 nitrogen and oxygen atoms in total. The fourth-order valence-corrected chi connectivity index (χ4v) is 2.80. The van der Waals surface area contributed by atoms with Crippen molar-refractivity contribution in [1.82, 2.24) is 5.32 Å². The molecule has 1 heterocycles. The smallest absolute Gasteiger partial charge is 0.133 e. The first-order chi connectivity index (χ1) is 9.03. The van der Waals surface area contributed by atoms with Gasteiger partial charge < -0.3 is 10.1 Å². The topological polar surface area (TPSA) is 21.3 Å². The average Bonchev–Trinajstić information content (AvgIpc) is 2.90. The second-order valence-electron chi connectivity index (χ2n) is 6.05. The number of halogens is 1. The molecule has 0 unspecified atom stereocenters. The predicted octanol–water partition coefficient (Wildman–Crippen LogP) is 4.13. The van der Waals surface area contributed by atoms with Crippen LogP contribution in [0.5, 0.6) is 5.75 Å². The minimum Gasteiger partial charge on any atom is -0.492 e. The highest BCUT2D eigenvalue weighted by Crippen LogP contribution is 2.33. The van der Waals surface area contributed by atoms with Crippen LogP contribution in [0.2, 0.25) is 0 Å². The number of nitrogens with one attached hydrogen (secondary N) is 1. The summed E-state index contributed by atoms with van der Waals surface area (Å²) in [7, 11) is 0. The van der Waals surface area contributed by atoms with Gasteiger partial charge in [-0.15, -0.1) is 0 Å². The highest BCUT2D eigenvalue weighted by atomic mass is 79.9. The molecule has 1 aromatic rings. The van der Waals surface area contributed by atoms with Crippen LogP contribution in [-0.4, -0.2) is 19.7 Å². The zero-order valence-electron chi connectivity index (χ0n) is 12.1. The van der Waals surface area contributed by atoms with Crippen molar-refractivity contribution in [3.05, 3.63) is 28.2 Å². The van der Waals surface area contributed by atoms with Crippen molar-refractivity contribution in [2.45, 2.75) is 39.0 Å². The molecule has 0 amide bonds. The maximum atomic E-state index is 5.94. The lowest BCUT2D eigenvalue weighted by atomic mass is 9.82. The summed E-state index contributed by atoms with van der Waals surface area (Å²) in [5, 5.41) is 3.37. The van der Waals surface area contributed by atoms with Gasteiger partial charge >= 0.3 is 0 Å². The molecule has 106 valence electrons. The van der Waals surface area contributed by atoms with E-state index in [2.05, 4.69) is 60.2 Å². The molecule has 0 aliphatic carbocycles. The van der Waals surface area contributed by atoms with Gasteiger partial charge in [0.2, 0.25) is 0 Å². The lowest BCUT2D eigenvalue weighted by Crippen LogP contribution is -2.17. The van der Waals surface area contributed by atoms with Crippen molar-refractivity contribution in [1.29, 1.82) is 0 Å². The summed E-state index contributed by atoms with van der Waals surface area (Å²) >= 11 is 3.64. The van der Waals surface area contributed by atoms with Crippen LogP contribution in [0, 0.1) is 5.92 Å². The number of rotatable bonds is 5. The Morgan fingerprint density at radius 3 is 2.79 bits per heavy atom. The zero-order chi connectivity index (χ0) is 13.9. The third kappa shape index (κ3) is 3.73. The molecule has 1 aliphatic rings. The van der Waals surface area contributed by atoms with Crippen molar-refractivity contribution < 1.29 is 4.74 Å². The van der Waals surface area contributed by atoms with Crippen LogP contribution < -0.4 is 10.1 Å². The number of hydrogen-bond donors (Lipinski definition) is 1. The molecule has 1 aromatic carbocycles. The zero-order valence-corrected chi connectivity index (χ0v) is 13.7. The third-order valence-corrected chi connectivity index (χ3v) is 4.85. The minimum absolute atomic E-state index is 0.219. The molecule has 2 rings (SSSR count). The van der Waals surface area contributed by atoms with Crippen molar-refractivity contribution in [2.75, 3.05) is 19.7 Å². The Balaban J connectivity index is 2.02. The molecule has 0 bridgehead atoms. The van der Waals surface area contributed by atoms with Crippen LogP contribution in [0.25, 0.3) is 0 Å². The van der Waals surface area contributed by atoms with E-state index < -0.39 is 0 Å². The summed E-state index contributed by atoms with van der Waals surface area (Å²) in [6.45, 7) is 9.80. The normalized spacial score (nSPS) is 19.7. The van der Waals surface area contributed by atoms with Gasteiger partial charge in [0.25, 0.3) is 0 Å². The van der Waals surface area contributed by atoms with E-state index in [4.69, 9.17) is 4.74 Å². The Hall–Kier alpha value is -0.540. The molecule has 0 radical (unpaired) electrons. The largest absolute Gasteiger partial charge is 0.492 e. The fraction of sp³-hybridized carbons (Fsp3) is 0.625. The van der Waals surface area contributed by atoms with Gasteiger partial charge in [-0.05, 0) is 58.4 Å². The van der Waals surface area contributed by atoms with E-state index in [0.717, 1.165) is 36.3 Å². The first-order valence-corrected chi connectivity index (χ1v) is 7.96. The summed E-state index contributed by atoms with van der Waals surface area (Å²) in [6, 6.07) is 6.49. The van der Waals surface area contributed by atoms with Crippen LogP contribution in [0.15, 0.2) is 22.7 Å². The van der Waals surface area contributed by atoms with E-state index in [1.54, 1.807) is 0 Å². The number of hydrogen-bond acceptors (Lipinski definition) is 2. The Morgan fingerprint density at radius 2 is 2.21 bits per heavy atom. The predicted molar refractivity (Wildman–Crippen MR) is 83.9 cm³/mol. The highest BCUT2D eigenvalue weighted by Gasteiger charge is 2.20. The Kier molecular flexibility index (Phi) is 4.91. The Bertz CT molecular complexity index is 425. The molecule has 1 saturated heterocycles. The van der Waals surface area contributed by atoms with Crippen LogP contribution in [-0.2, 0) is 5.41 Å². The molecule has 1 atom stereocenters. The molecule has 1 aliphatic heterocycles. The molecule has 0 aromatic heterocycles. The van der Waals surface area contributed by atoms with E-state index in [1.807, 2.05) is 0 Å². The van der Waals surface area contributed by atoms with Gasteiger partial charge in [0.15, 0.2) is 0 Å². The van der Waals surface area contributed by atoms with Crippen molar-refractivity contribution in [2.24, 2.45) is 5.92 Å². The molecule has 0 spiro atoms. The summed E-state index contributed by atoms with van der Waals surface area (Å²) in [4.78, 5) is 0. The summed E-state index contributed by atoms with van der Waals surface area (Å²) in [5.41, 5.74) is 1.58. The maximum absolute atomic E-state index is 5.94. The van der Waals surface area contributed by atoms with Crippen molar-refractivity contribution in [3.63, 3.8) is 0 Å². The molecule has 3 heteroatoms. The molecule has 1 N–H and O–H groups in total. The fourth-order valence-electron chi connectivity index (χ4n) is 2.31. The lowest BCUT2D eigenvalue weighted by Gasteiger charge is -2.24. The van der Waals surface area contributed by atoms with Gasteiger partial charge in [-0.2, -0.15) is 0 Å². The Labute approximate surface area is 125 Å². The summed E-state index contributed by atoms with van der Waals surface area (Å²) in [5.74, 6) is 1.61. The standard InChI is InChI=1S/C16H24BrNO/c1-4-16(2,3)13-5-6-15(14(17)9-13)19-11-12-7-8-18-10-12/h5-6,9,12,18H,4,7-8,10-11H2,1-3H3/t12-/m0/s1. The first kappa shape index (κ1) is 14.9. The van der Waals surface area contributed by atoms with E-state index in [0.29, 0.717) is 5.92 Å². The van der Waals surface area contributed by atoms with Gasteiger partial charge in [0.1, 0.15) is 5.75 Å². The van der Waals surface area contributed by atoms with Gasteiger partial charge in [0, 0.05) is 12.5 Å². The van der Waals surface area contributed by atoms with Crippen LogP contribution in [0.4, 0.5) is 0 Å².